The van der Waals surface area contributed by atoms with Gasteiger partial charge in [0.05, 0.1) is 26.5 Å². The lowest BCUT2D eigenvalue weighted by Gasteiger charge is -2.19. The Hall–Kier alpha value is -4.64. The van der Waals surface area contributed by atoms with Crippen LogP contribution in [0.5, 0.6) is 0 Å². The number of benzene rings is 3. The van der Waals surface area contributed by atoms with Crippen LogP contribution in [0.3, 0.4) is 0 Å². The molecular weight excluding hydrogens is 470 g/mol. The quantitative estimate of drug-likeness (QED) is 0.401. The van der Waals surface area contributed by atoms with Gasteiger partial charge in [0, 0.05) is 17.7 Å². The minimum atomic E-state index is -0.782. The Labute approximate surface area is 202 Å². The summed E-state index contributed by atoms with van der Waals surface area (Å²) in [6, 6.07) is 20.3. The first kappa shape index (κ1) is 22.2. The Morgan fingerprint density at radius 3 is 2.37 bits per heavy atom. The summed E-state index contributed by atoms with van der Waals surface area (Å²) in [4.78, 5) is 42.9. The van der Waals surface area contributed by atoms with Crippen LogP contribution >= 0.6 is 11.8 Å². The van der Waals surface area contributed by atoms with Crippen molar-refractivity contribution in [3.05, 3.63) is 116 Å². The van der Waals surface area contributed by atoms with E-state index in [1.165, 1.54) is 23.9 Å². The Morgan fingerprint density at radius 2 is 1.63 bits per heavy atom. The summed E-state index contributed by atoms with van der Waals surface area (Å²) in [7, 11) is 0. The molecule has 2 heterocycles. The summed E-state index contributed by atoms with van der Waals surface area (Å²) in [5.41, 5.74) is 2.18. The van der Waals surface area contributed by atoms with Crippen LogP contribution < -0.4 is 5.32 Å². The number of aliphatic imine (C=N–C) groups is 2. The molecule has 1 atom stereocenters. The summed E-state index contributed by atoms with van der Waals surface area (Å²) in [5, 5.41) is 25.3. The van der Waals surface area contributed by atoms with Crippen LogP contribution in [-0.2, 0) is 4.79 Å². The first-order valence-electron chi connectivity index (χ1n) is 10.4. The SMILES string of the molecule is O=C1Nc2ccccc2C1=NC1=NC(c2ccccc2)=CC(c2ccc([N+](=O)[O-])c([N+](=O)[O-])c2)S1. The number of amides is 1. The minimum absolute atomic E-state index is 0.217. The molecule has 3 aromatic carbocycles. The molecule has 0 spiro atoms. The summed E-state index contributed by atoms with van der Waals surface area (Å²) in [6.45, 7) is 0. The van der Waals surface area contributed by atoms with Gasteiger partial charge in [0.15, 0.2) is 5.17 Å². The van der Waals surface area contributed by atoms with E-state index in [0.29, 0.717) is 27.7 Å². The van der Waals surface area contributed by atoms with E-state index in [-0.39, 0.29) is 11.6 Å². The lowest BCUT2D eigenvalue weighted by Crippen LogP contribution is -2.16. The normalized spacial score (nSPS) is 17.9. The highest BCUT2D eigenvalue weighted by atomic mass is 32.2. The molecular formula is C24H15N5O5S. The van der Waals surface area contributed by atoms with Crippen molar-refractivity contribution < 1.29 is 14.6 Å². The van der Waals surface area contributed by atoms with Crippen LogP contribution in [0.25, 0.3) is 5.70 Å². The van der Waals surface area contributed by atoms with Gasteiger partial charge in [-0.05, 0) is 23.3 Å². The van der Waals surface area contributed by atoms with E-state index in [9.17, 15) is 25.0 Å². The molecule has 0 saturated heterocycles. The number of nitrogens with zero attached hydrogens (tertiary/aromatic N) is 4. The molecule has 172 valence electrons. The van der Waals surface area contributed by atoms with Gasteiger partial charge in [-0.2, -0.15) is 0 Å². The first-order valence-corrected chi connectivity index (χ1v) is 11.2. The maximum atomic E-state index is 12.6. The fourth-order valence-corrected chi connectivity index (χ4v) is 4.77. The second-order valence-corrected chi connectivity index (χ2v) is 8.68. The predicted molar refractivity (Wildman–Crippen MR) is 134 cm³/mol. The van der Waals surface area contributed by atoms with Crippen LogP contribution in [0, 0.1) is 20.2 Å². The molecule has 1 amide bonds. The fraction of sp³-hybridized carbons (Fsp3) is 0.0417. The third-order valence-electron chi connectivity index (χ3n) is 5.40. The van der Waals surface area contributed by atoms with Gasteiger partial charge in [-0.1, -0.05) is 66.4 Å². The molecule has 5 rings (SSSR count). The van der Waals surface area contributed by atoms with Crippen LogP contribution in [0.1, 0.15) is 21.9 Å². The highest BCUT2D eigenvalue weighted by Crippen LogP contribution is 2.42. The van der Waals surface area contributed by atoms with Gasteiger partial charge >= 0.3 is 11.4 Å². The molecule has 3 aromatic rings. The summed E-state index contributed by atoms with van der Waals surface area (Å²) >= 11 is 1.19. The zero-order chi connectivity index (χ0) is 24.5. The van der Waals surface area contributed by atoms with Gasteiger partial charge in [0.25, 0.3) is 5.91 Å². The van der Waals surface area contributed by atoms with Gasteiger partial charge in [0.1, 0.15) is 5.71 Å². The molecule has 11 heteroatoms. The molecule has 1 unspecified atom stereocenters. The van der Waals surface area contributed by atoms with Gasteiger partial charge in [-0.3, -0.25) is 25.0 Å². The highest BCUT2D eigenvalue weighted by Gasteiger charge is 2.30. The van der Waals surface area contributed by atoms with Gasteiger partial charge in [-0.25, -0.2) is 9.98 Å². The number of para-hydroxylation sites is 1. The Balaban J connectivity index is 1.60. The molecule has 1 N–H and O–H groups in total. The number of thioether (sulfide) groups is 1. The second kappa shape index (κ2) is 8.95. The second-order valence-electron chi connectivity index (χ2n) is 7.57. The van der Waals surface area contributed by atoms with Crippen molar-refractivity contribution in [2.45, 2.75) is 5.25 Å². The number of nitro groups is 2. The van der Waals surface area contributed by atoms with E-state index in [2.05, 4.69) is 15.3 Å². The molecule has 2 aliphatic heterocycles. The molecule has 0 saturated carbocycles. The van der Waals surface area contributed by atoms with Gasteiger partial charge < -0.3 is 5.32 Å². The summed E-state index contributed by atoms with van der Waals surface area (Å²) in [5.74, 6) is -0.354. The van der Waals surface area contributed by atoms with Gasteiger partial charge in [-0.15, -0.1) is 0 Å². The summed E-state index contributed by atoms with van der Waals surface area (Å²) in [6.07, 6.45) is 1.82. The topological polar surface area (TPSA) is 140 Å². The average molecular weight is 485 g/mol. The molecule has 0 aliphatic carbocycles. The predicted octanol–water partition coefficient (Wildman–Crippen LogP) is 5.13. The minimum Gasteiger partial charge on any atom is -0.320 e. The summed E-state index contributed by atoms with van der Waals surface area (Å²) < 4.78 is 0. The molecule has 0 radical (unpaired) electrons. The van der Waals surface area contributed by atoms with E-state index in [4.69, 9.17) is 0 Å². The number of nitro benzene ring substituents is 2. The number of fused-ring (bicyclic) bond motifs is 1. The largest absolute Gasteiger partial charge is 0.346 e. The van der Waals surface area contributed by atoms with E-state index < -0.39 is 26.5 Å². The fourth-order valence-electron chi connectivity index (χ4n) is 3.77. The van der Waals surface area contributed by atoms with Crippen molar-refractivity contribution in [1.29, 1.82) is 0 Å². The Bertz CT molecular complexity index is 1480. The first-order chi connectivity index (χ1) is 16.9. The molecule has 0 bridgehead atoms. The van der Waals surface area contributed by atoms with E-state index in [1.54, 1.807) is 18.2 Å². The Morgan fingerprint density at radius 1 is 0.914 bits per heavy atom. The maximum Gasteiger partial charge on any atom is 0.346 e. The zero-order valence-electron chi connectivity index (χ0n) is 17.8. The highest BCUT2D eigenvalue weighted by molar-refractivity contribution is 8.14. The van der Waals surface area contributed by atoms with E-state index in [0.717, 1.165) is 11.6 Å². The molecule has 10 nitrogen and oxygen atoms in total. The lowest BCUT2D eigenvalue weighted by molar-refractivity contribution is -0.422. The monoisotopic (exact) mass is 485 g/mol. The number of anilines is 1. The molecule has 2 aliphatic rings. The number of amidine groups is 1. The van der Waals surface area contributed by atoms with Crippen molar-refractivity contribution >= 4 is 51.3 Å². The van der Waals surface area contributed by atoms with Crippen molar-refractivity contribution in [3.8, 4) is 0 Å². The smallest absolute Gasteiger partial charge is 0.320 e. The van der Waals surface area contributed by atoms with Crippen LogP contribution in [0.2, 0.25) is 0 Å². The number of carbonyl (C=O) groups excluding carboxylic acids is 1. The van der Waals surface area contributed by atoms with E-state index >= 15 is 0 Å². The molecule has 0 aromatic heterocycles. The number of hydrogen-bond acceptors (Lipinski definition) is 8. The number of rotatable bonds is 4. The molecule has 0 fully saturated rings. The van der Waals surface area contributed by atoms with Crippen LogP contribution in [-0.4, -0.2) is 26.6 Å². The lowest BCUT2D eigenvalue weighted by atomic mass is 10.1. The van der Waals surface area contributed by atoms with Crippen LogP contribution in [0.4, 0.5) is 17.1 Å². The number of nitrogens with one attached hydrogen (secondary N) is 1. The van der Waals surface area contributed by atoms with Crippen molar-refractivity contribution in [3.63, 3.8) is 0 Å². The van der Waals surface area contributed by atoms with Gasteiger partial charge in [0.2, 0.25) is 0 Å². The third kappa shape index (κ3) is 4.32. The third-order valence-corrected chi connectivity index (χ3v) is 6.46. The Kier molecular flexibility index (Phi) is 5.67. The number of hydrogen-bond donors (Lipinski definition) is 1. The standard InChI is InChI=1S/C24H15N5O5S/c30-23-22(16-8-4-5-9-17(16)25-23)27-24-26-18(14-6-2-1-3-7-14)13-21(35-24)15-10-11-19(28(31)32)20(12-15)29(33)34/h1-13,21H,(H,25,26,27,30). The van der Waals surface area contributed by atoms with Crippen LogP contribution in [0.15, 0.2) is 88.9 Å². The zero-order valence-corrected chi connectivity index (χ0v) is 18.6. The van der Waals surface area contributed by atoms with E-state index in [1.807, 2.05) is 42.5 Å². The number of carbonyl (C=O) groups is 1. The molecule has 35 heavy (non-hydrogen) atoms. The van der Waals surface area contributed by atoms with Crippen molar-refractivity contribution in [2.75, 3.05) is 5.32 Å². The van der Waals surface area contributed by atoms with Crippen molar-refractivity contribution in [1.82, 2.24) is 0 Å². The van der Waals surface area contributed by atoms with Crippen molar-refractivity contribution in [2.24, 2.45) is 9.98 Å². The average Bonchev–Trinajstić information content (AvgIpc) is 3.18. The maximum absolute atomic E-state index is 12.6.